The van der Waals surface area contributed by atoms with E-state index in [0.717, 1.165) is 29.0 Å². The van der Waals surface area contributed by atoms with Gasteiger partial charge in [-0.1, -0.05) is 30.0 Å². The summed E-state index contributed by atoms with van der Waals surface area (Å²) in [5.74, 6) is 0.912. The van der Waals surface area contributed by atoms with Gasteiger partial charge >= 0.3 is 0 Å². The maximum atomic E-state index is 11.8. The van der Waals surface area contributed by atoms with Crippen LogP contribution >= 0.6 is 11.8 Å². The van der Waals surface area contributed by atoms with E-state index in [4.69, 9.17) is 0 Å². The lowest BCUT2D eigenvalue weighted by Crippen LogP contribution is -2.38. The molecule has 0 aliphatic carbocycles. The van der Waals surface area contributed by atoms with Crippen molar-refractivity contribution in [3.05, 3.63) is 29.3 Å². The van der Waals surface area contributed by atoms with Crippen LogP contribution in [0.5, 0.6) is 0 Å². The normalized spacial score (nSPS) is 18.9. The highest BCUT2D eigenvalue weighted by Crippen LogP contribution is 2.28. The number of amidine groups is 1. The minimum atomic E-state index is -3.24. The number of thioether (sulfide) groups is 1. The molecule has 0 spiro atoms. The lowest BCUT2D eigenvalue weighted by atomic mass is 10.1. The molecule has 1 aliphatic rings. The van der Waals surface area contributed by atoms with Crippen LogP contribution in [0.25, 0.3) is 0 Å². The van der Waals surface area contributed by atoms with Gasteiger partial charge < -0.3 is 0 Å². The quantitative estimate of drug-likeness (QED) is 0.843. The van der Waals surface area contributed by atoms with Crippen LogP contribution in [0.1, 0.15) is 17.5 Å². The average Bonchev–Trinajstić information content (AvgIpc) is 2.33. The second-order valence-corrected chi connectivity index (χ2v) is 7.64. The summed E-state index contributed by atoms with van der Waals surface area (Å²) in [5.41, 5.74) is 3.00. The molecule has 0 aromatic heterocycles. The fraction of sp³-hybridized carbons (Fsp3) is 0.462. The van der Waals surface area contributed by atoms with Crippen molar-refractivity contribution in [2.75, 3.05) is 18.6 Å². The Hall–Kier alpha value is -1.01. The fourth-order valence-electron chi connectivity index (χ4n) is 2.01. The number of para-hydroxylation sites is 1. The maximum absolute atomic E-state index is 11.8. The van der Waals surface area contributed by atoms with E-state index in [0.29, 0.717) is 11.7 Å². The highest BCUT2D eigenvalue weighted by atomic mass is 32.2. The van der Waals surface area contributed by atoms with Crippen molar-refractivity contribution in [1.82, 2.24) is 4.31 Å². The zero-order valence-electron chi connectivity index (χ0n) is 11.4. The smallest absolute Gasteiger partial charge is 0.233 e. The number of benzene rings is 1. The van der Waals surface area contributed by atoms with Gasteiger partial charge in [-0.2, -0.15) is 0 Å². The van der Waals surface area contributed by atoms with Crippen LogP contribution in [0.4, 0.5) is 5.69 Å². The van der Waals surface area contributed by atoms with Gasteiger partial charge in [0.05, 0.1) is 11.9 Å². The monoisotopic (exact) mass is 298 g/mol. The van der Waals surface area contributed by atoms with Gasteiger partial charge in [0.25, 0.3) is 0 Å². The molecule has 6 heteroatoms. The Bertz CT molecular complexity index is 589. The second-order valence-electron chi connectivity index (χ2n) is 4.67. The summed E-state index contributed by atoms with van der Waals surface area (Å²) in [6.07, 6.45) is 2.10. The van der Waals surface area contributed by atoms with Crippen molar-refractivity contribution in [2.24, 2.45) is 4.99 Å². The molecule has 0 bridgehead atoms. The predicted octanol–water partition coefficient (Wildman–Crippen LogP) is 2.69. The SMILES string of the molecule is Cc1cccc(C)c1N=C1SCCCN1S(C)(=O)=O. The topological polar surface area (TPSA) is 49.7 Å². The molecule has 0 amide bonds. The molecule has 1 heterocycles. The van der Waals surface area contributed by atoms with Crippen molar-refractivity contribution in [1.29, 1.82) is 0 Å². The Kier molecular flexibility index (Phi) is 4.20. The second kappa shape index (κ2) is 5.54. The zero-order valence-corrected chi connectivity index (χ0v) is 13.0. The summed E-state index contributed by atoms with van der Waals surface area (Å²) in [5, 5.41) is 0.589. The van der Waals surface area contributed by atoms with Crippen molar-refractivity contribution < 1.29 is 8.42 Å². The van der Waals surface area contributed by atoms with E-state index >= 15 is 0 Å². The third kappa shape index (κ3) is 3.30. The molecule has 0 saturated carbocycles. The van der Waals surface area contributed by atoms with Crippen LogP contribution in [0.15, 0.2) is 23.2 Å². The summed E-state index contributed by atoms with van der Waals surface area (Å²) in [4.78, 5) is 4.59. The Labute approximate surface area is 119 Å². The van der Waals surface area contributed by atoms with E-state index in [2.05, 4.69) is 4.99 Å². The lowest BCUT2D eigenvalue weighted by molar-refractivity contribution is 0.526. The average molecular weight is 298 g/mol. The molecule has 2 rings (SSSR count). The highest BCUT2D eigenvalue weighted by Gasteiger charge is 2.25. The van der Waals surface area contributed by atoms with Crippen molar-refractivity contribution in [3.63, 3.8) is 0 Å². The van der Waals surface area contributed by atoms with E-state index in [1.165, 1.54) is 22.3 Å². The molecule has 104 valence electrons. The van der Waals surface area contributed by atoms with Gasteiger partial charge in [-0.05, 0) is 31.4 Å². The van der Waals surface area contributed by atoms with Gasteiger partial charge in [0.1, 0.15) is 0 Å². The summed E-state index contributed by atoms with van der Waals surface area (Å²) < 4.78 is 25.0. The first-order valence-electron chi connectivity index (χ1n) is 6.15. The molecule has 1 aromatic rings. The summed E-state index contributed by atoms with van der Waals surface area (Å²) >= 11 is 1.51. The van der Waals surface area contributed by atoms with E-state index in [9.17, 15) is 8.42 Å². The number of aryl methyl sites for hydroxylation is 2. The predicted molar refractivity (Wildman–Crippen MR) is 81.6 cm³/mol. The van der Waals surface area contributed by atoms with Crippen LogP contribution in [0.2, 0.25) is 0 Å². The summed E-state index contributed by atoms with van der Waals surface area (Å²) in [6, 6.07) is 5.96. The molecule has 4 nitrogen and oxygen atoms in total. The Morgan fingerprint density at radius 3 is 2.47 bits per heavy atom. The number of hydrogen-bond donors (Lipinski definition) is 0. The maximum Gasteiger partial charge on any atom is 0.233 e. The van der Waals surface area contributed by atoms with Crippen LogP contribution < -0.4 is 0 Å². The first-order valence-corrected chi connectivity index (χ1v) is 8.98. The van der Waals surface area contributed by atoms with E-state index in [-0.39, 0.29) is 0 Å². The molecule has 1 fully saturated rings. The molecule has 1 saturated heterocycles. The van der Waals surface area contributed by atoms with Gasteiger partial charge in [-0.3, -0.25) is 0 Å². The highest BCUT2D eigenvalue weighted by molar-refractivity contribution is 8.14. The molecule has 0 N–H and O–H groups in total. The Morgan fingerprint density at radius 2 is 1.89 bits per heavy atom. The number of sulfonamides is 1. The van der Waals surface area contributed by atoms with Gasteiger partial charge in [0.2, 0.25) is 10.0 Å². The molecular weight excluding hydrogens is 280 g/mol. The van der Waals surface area contributed by atoms with Crippen LogP contribution in [-0.2, 0) is 10.0 Å². The molecular formula is C13H18N2O2S2. The van der Waals surface area contributed by atoms with Gasteiger partial charge in [-0.15, -0.1) is 0 Å². The van der Waals surface area contributed by atoms with Crippen molar-refractivity contribution in [2.45, 2.75) is 20.3 Å². The van der Waals surface area contributed by atoms with Crippen molar-refractivity contribution in [3.8, 4) is 0 Å². The third-order valence-corrected chi connectivity index (χ3v) is 5.33. The molecule has 19 heavy (non-hydrogen) atoms. The van der Waals surface area contributed by atoms with Crippen LogP contribution in [0.3, 0.4) is 0 Å². The van der Waals surface area contributed by atoms with E-state index in [1.54, 1.807) is 0 Å². The Balaban J connectivity index is 2.45. The molecule has 0 atom stereocenters. The largest absolute Gasteiger partial charge is 0.248 e. The standard InChI is InChI=1S/C13H18N2O2S2/c1-10-6-4-7-11(2)12(10)14-13-15(19(3,16)17)8-5-9-18-13/h4,6-7H,5,8-9H2,1-3H3. The lowest BCUT2D eigenvalue weighted by Gasteiger charge is -2.27. The zero-order chi connectivity index (χ0) is 14.0. The van der Waals surface area contributed by atoms with Gasteiger partial charge in [-0.25, -0.2) is 17.7 Å². The Morgan fingerprint density at radius 1 is 1.26 bits per heavy atom. The number of aliphatic imine (C=N–C) groups is 1. The molecule has 0 unspecified atom stereocenters. The summed E-state index contributed by atoms with van der Waals surface area (Å²) in [7, 11) is -3.24. The third-order valence-electron chi connectivity index (χ3n) is 3.00. The summed E-state index contributed by atoms with van der Waals surface area (Å²) in [6.45, 7) is 4.50. The number of rotatable bonds is 2. The van der Waals surface area contributed by atoms with E-state index in [1.807, 2.05) is 32.0 Å². The van der Waals surface area contributed by atoms with Gasteiger partial charge in [0, 0.05) is 12.3 Å². The molecule has 0 radical (unpaired) electrons. The number of hydrogen-bond acceptors (Lipinski definition) is 4. The number of nitrogens with zero attached hydrogens (tertiary/aromatic N) is 2. The first-order chi connectivity index (χ1) is 8.89. The molecule has 1 aliphatic heterocycles. The fourth-order valence-corrected chi connectivity index (χ4v) is 4.21. The van der Waals surface area contributed by atoms with Crippen LogP contribution in [-0.4, -0.2) is 36.4 Å². The van der Waals surface area contributed by atoms with Gasteiger partial charge in [0.15, 0.2) is 5.17 Å². The molecule has 1 aromatic carbocycles. The van der Waals surface area contributed by atoms with Crippen molar-refractivity contribution >= 4 is 32.6 Å². The minimum absolute atomic E-state index is 0.523. The van der Waals surface area contributed by atoms with E-state index < -0.39 is 10.0 Å². The minimum Gasteiger partial charge on any atom is -0.248 e. The van der Waals surface area contributed by atoms with Crippen LogP contribution in [0, 0.1) is 13.8 Å². The first kappa shape index (κ1) is 14.4.